The number of aromatic nitrogens is 1. The number of pyridine rings is 1. The molecule has 1 fully saturated rings. The number of aliphatic carboxylic acids is 1. The summed E-state index contributed by atoms with van der Waals surface area (Å²) >= 11 is 0. The number of aliphatic hydroxyl groups excluding tert-OH is 1. The van der Waals surface area contributed by atoms with Crippen molar-refractivity contribution < 1.29 is 19.8 Å². The summed E-state index contributed by atoms with van der Waals surface area (Å²) in [6.45, 7) is 1.57. The maximum Gasteiger partial charge on any atom is 0.352 e. The van der Waals surface area contributed by atoms with Gasteiger partial charge in [0.1, 0.15) is 5.70 Å². The first kappa shape index (κ1) is 16.5. The lowest BCUT2D eigenvalue weighted by Crippen LogP contribution is -2.61. The quantitative estimate of drug-likeness (QED) is 0.825. The average molecular weight is 350 g/mol. The highest BCUT2D eigenvalue weighted by atomic mass is 16.4. The maximum absolute atomic E-state index is 12.3. The summed E-state index contributed by atoms with van der Waals surface area (Å²) < 4.78 is 0. The molecule has 0 spiro atoms. The Morgan fingerprint density at radius 2 is 1.96 bits per heavy atom. The predicted octanol–water partition coefficient (Wildman–Crippen LogP) is 2.16. The molecule has 3 heterocycles. The number of hydrogen-bond donors (Lipinski definition) is 2. The van der Waals surface area contributed by atoms with E-state index in [4.69, 9.17) is 0 Å². The summed E-state index contributed by atoms with van der Waals surface area (Å²) in [6.07, 6.45) is 3.09. The smallest absolute Gasteiger partial charge is 0.352 e. The molecular formula is C20H18N2O4. The van der Waals surface area contributed by atoms with Gasteiger partial charge in [0, 0.05) is 18.0 Å². The molecule has 2 N–H and O–H groups in total. The molecule has 0 saturated carbocycles. The molecule has 6 nitrogen and oxygen atoms in total. The number of carboxylic acid groups (broad SMARTS) is 1. The Morgan fingerprint density at radius 3 is 2.62 bits per heavy atom. The van der Waals surface area contributed by atoms with Crippen molar-refractivity contribution in [2.24, 2.45) is 5.92 Å². The van der Waals surface area contributed by atoms with Gasteiger partial charge >= 0.3 is 5.97 Å². The fourth-order valence-corrected chi connectivity index (χ4v) is 3.95. The summed E-state index contributed by atoms with van der Waals surface area (Å²) in [5.74, 6) is -1.98. The van der Waals surface area contributed by atoms with E-state index in [0.29, 0.717) is 12.0 Å². The number of fused-ring (bicyclic) bond motifs is 1. The van der Waals surface area contributed by atoms with Crippen LogP contribution in [0, 0.1) is 5.92 Å². The van der Waals surface area contributed by atoms with E-state index in [1.807, 2.05) is 36.4 Å². The number of hydrogen-bond acceptors (Lipinski definition) is 4. The Labute approximate surface area is 150 Å². The van der Waals surface area contributed by atoms with Crippen LogP contribution in [0.2, 0.25) is 0 Å². The second-order valence-electron chi connectivity index (χ2n) is 6.70. The zero-order valence-corrected chi connectivity index (χ0v) is 14.2. The molecule has 3 atom stereocenters. The largest absolute Gasteiger partial charge is 0.477 e. The first-order valence-electron chi connectivity index (χ1n) is 8.47. The lowest BCUT2D eigenvalue weighted by molar-refractivity contribution is -0.161. The van der Waals surface area contributed by atoms with E-state index in [0.717, 1.165) is 16.7 Å². The van der Waals surface area contributed by atoms with E-state index < -0.39 is 18.0 Å². The zero-order chi connectivity index (χ0) is 18.4. The Kier molecular flexibility index (Phi) is 3.85. The van der Waals surface area contributed by atoms with E-state index in [1.165, 1.54) is 4.90 Å². The molecule has 2 aliphatic heterocycles. The number of carbonyl (C=O) groups excluding carboxylic acids is 1. The van der Waals surface area contributed by atoms with Gasteiger partial charge in [-0.25, -0.2) is 4.79 Å². The van der Waals surface area contributed by atoms with Gasteiger partial charge in [-0.3, -0.25) is 9.78 Å². The molecule has 1 saturated heterocycles. The third-order valence-electron chi connectivity index (χ3n) is 5.14. The molecule has 1 unspecified atom stereocenters. The van der Waals surface area contributed by atoms with Crippen LogP contribution < -0.4 is 0 Å². The van der Waals surface area contributed by atoms with Gasteiger partial charge in [0.05, 0.1) is 18.1 Å². The van der Waals surface area contributed by atoms with Crippen LogP contribution in [0.25, 0.3) is 16.7 Å². The van der Waals surface area contributed by atoms with Crippen molar-refractivity contribution in [3.8, 4) is 11.1 Å². The normalized spacial score (nSPS) is 22.8. The van der Waals surface area contributed by atoms with Crippen molar-refractivity contribution in [2.75, 3.05) is 0 Å². The van der Waals surface area contributed by atoms with Crippen molar-refractivity contribution >= 4 is 17.4 Å². The third kappa shape index (κ3) is 2.42. The fourth-order valence-electron chi connectivity index (χ4n) is 3.95. The number of rotatable bonds is 4. The second-order valence-corrected chi connectivity index (χ2v) is 6.70. The molecule has 4 rings (SSSR count). The van der Waals surface area contributed by atoms with Crippen LogP contribution in [-0.2, 0) is 9.59 Å². The predicted molar refractivity (Wildman–Crippen MR) is 94.7 cm³/mol. The van der Waals surface area contributed by atoms with Crippen LogP contribution in [0.5, 0.6) is 0 Å². The Hall–Kier alpha value is -2.99. The van der Waals surface area contributed by atoms with E-state index in [2.05, 4.69) is 4.98 Å². The number of carbonyl (C=O) groups is 2. The monoisotopic (exact) mass is 350 g/mol. The van der Waals surface area contributed by atoms with Gasteiger partial charge in [0.2, 0.25) is 5.91 Å². The van der Waals surface area contributed by atoms with Crippen LogP contribution in [-0.4, -0.2) is 44.1 Å². The Balaban J connectivity index is 1.76. The van der Waals surface area contributed by atoms with Crippen molar-refractivity contribution in [1.29, 1.82) is 0 Å². The van der Waals surface area contributed by atoms with Crippen molar-refractivity contribution in [3.05, 3.63) is 60.1 Å². The molecule has 0 bridgehead atoms. The summed E-state index contributed by atoms with van der Waals surface area (Å²) in [6, 6.07) is 11.1. The standard InChI is InChI=1S/C20H18N2O4/c1-11(23)17-16-9-15(18(20(25)26)22(16)19(17)24)13-5-2-4-12(8-13)14-6-3-7-21-10-14/h2-8,10-11,16-17,23H,9H2,1H3,(H,25,26)/t11?,16-,17-/m1/s1. The Bertz CT molecular complexity index is 920. The van der Waals surface area contributed by atoms with Crippen molar-refractivity contribution in [2.45, 2.75) is 25.5 Å². The van der Waals surface area contributed by atoms with Gasteiger partial charge in [0.25, 0.3) is 0 Å². The van der Waals surface area contributed by atoms with Crippen LogP contribution in [0.15, 0.2) is 54.5 Å². The first-order valence-corrected chi connectivity index (χ1v) is 8.47. The molecule has 0 radical (unpaired) electrons. The fraction of sp³-hybridized carbons (Fsp3) is 0.250. The lowest BCUT2D eigenvalue weighted by Gasteiger charge is -2.44. The van der Waals surface area contributed by atoms with Gasteiger partial charge in [-0.05, 0) is 42.2 Å². The Morgan fingerprint density at radius 1 is 1.23 bits per heavy atom. The van der Waals surface area contributed by atoms with Gasteiger partial charge in [0.15, 0.2) is 0 Å². The molecular weight excluding hydrogens is 332 g/mol. The van der Waals surface area contributed by atoms with Crippen LogP contribution in [0.3, 0.4) is 0 Å². The molecule has 2 aromatic rings. The summed E-state index contributed by atoms with van der Waals surface area (Å²) in [4.78, 5) is 29.6. The highest BCUT2D eigenvalue weighted by Gasteiger charge is 2.56. The summed E-state index contributed by atoms with van der Waals surface area (Å²) in [5.41, 5.74) is 3.30. The van der Waals surface area contributed by atoms with Crippen LogP contribution in [0.4, 0.5) is 0 Å². The second kappa shape index (κ2) is 6.07. The maximum atomic E-state index is 12.3. The van der Waals surface area contributed by atoms with Crippen LogP contribution >= 0.6 is 0 Å². The lowest BCUT2D eigenvalue weighted by atomic mass is 9.82. The molecule has 2 aliphatic rings. The minimum atomic E-state index is -1.12. The van der Waals surface area contributed by atoms with E-state index in [-0.39, 0.29) is 17.6 Å². The number of aliphatic hydroxyl groups is 1. The average Bonchev–Trinajstić information content (AvgIpc) is 2.97. The number of carboxylic acids is 1. The summed E-state index contributed by atoms with van der Waals surface area (Å²) in [5, 5.41) is 19.5. The number of benzene rings is 1. The summed E-state index contributed by atoms with van der Waals surface area (Å²) in [7, 11) is 0. The molecule has 1 amide bonds. The van der Waals surface area contributed by atoms with Gasteiger partial charge in [-0.2, -0.15) is 0 Å². The van der Waals surface area contributed by atoms with Crippen LogP contribution in [0.1, 0.15) is 18.9 Å². The molecule has 132 valence electrons. The van der Waals surface area contributed by atoms with Gasteiger partial charge < -0.3 is 15.1 Å². The molecule has 1 aromatic carbocycles. The van der Waals surface area contributed by atoms with E-state index in [1.54, 1.807) is 19.3 Å². The molecule has 0 aliphatic carbocycles. The van der Waals surface area contributed by atoms with E-state index >= 15 is 0 Å². The van der Waals surface area contributed by atoms with E-state index in [9.17, 15) is 19.8 Å². The third-order valence-corrected chi connectivity index (χ3v) is 5.14. The van der Waals surface area contributed by atoms with Gasteiger partial charge in [-0.15, -0.1) is 0 Å². The molecule has 6 heteroatoms. The minimum Gasteiger partial charge on any atom is -0.477 e. The van der Waals surface area contributed by atoms with Crippen molar-refractivity contribution in [3.63, 3.8) is 0 Å². The number of amides is 1. The highest BCUT2D eigenvalue weighted by molar-refractivity contribution is 6.06. The number of nitrogens with zero attached hydrogens (tertiary/aromatic N) is 2. The number of β-lactam (4-membered cyclic amide) rings is 1. The topological polar surface area (TPSA) is 90.7 Å². The van der Waals surface area contributed by atoms with Crippen molar-refractivity contribution in [1.82, 2.24) is 9.88 Å². The molecule has 1 aromatic heterocycles. The van der Waals surface area contributed by atoms with Gasteiger partial charge in [-0.1, -0.05) is 24.3 Å². The highest BCUT2D eigenvalue weighted by Crippen LogP contribution is 2.47. The SMILES string of the molecule is CC(O)[C@H]1C(=O)N2C(C(=O)O)=C(c3cccc(-c4cccnc4)c3)C[C@H]12. The first-order chi connectivity index (χ1) is 12.5. The zero-order valence-electron chi connectivity index (χ0n) is 14.2. The molecule has 26 heavy (non-hydrogen) atoms. The minimum absolute atomic E-state index is 0.0280.